The number of nitriles is 1. The van der Waals surface area contributed by atoms with Gasteiger partial charge in [-0.05, 0) is 29.8 Å². The largest absolute Gasteiger partial charge is 0.345 e. The molecule has 25 heavy (non-hydrogen) atoms. The third-order valence-corrected chi connectivity index (χ3v) is 3.51. The van der Waals surface area contributed by atoms with Crippen LogP contribution in [0.15, 0.2) is 48.3 Å². The molecular formula is C18H16N6O. The minimum atomic E-state index is -0.320. The van der Waals surface area contributed by atoms with Crippen molar-refractivity contribution in [1.29, 1.82) is 5.26 Å². The van der Waals surface area contributed by atoms with E-state index in [1.165, 1.54) is 4.90 Å². The minimum absolute atomic E-state index is 0.0921. The number of fused-ring (bicyclic) bond motifs is 1. The summed E-state index contributed by atoms with van der Waals surface area (Å²) in [6.07, 6.45) is 5.01. The zero-order valence-electron chi connectivity index (χ0n) is 13.8. The standard InChI is InChI=1S/C18H16N6O/c1-24(2)18(25)13(10-19)9-12-3-5-14(6-4-12)22-16-11-21-17-15(23-16)7-8-20-17/h3-9,11H,1-2H3,(H,20,21)(H,22,23)/b13-9+. The van der Waals surface area contributed by atoms with Crippen molar-refractivity contribution < 1.29 is 4.79 Å². The number of aromatic amines is 1. The molecule has 0 unspecified atom stereocenters. The Bertz CT molecular complexity index is 979. The molecular weight excluding hydrogens is 316 g/mol. The topological polar surface area (TPSA) is 97.7 Å². The molecule has 2 N–H and O–H groups in total. The maximum atomic E-state index is 11.9. The van der Waals surface area contributed by atoms with Crippen LogP contribution in [0.25, 0.3) is 17.2 Å². The van der Waals surface area contributed by atoms with Gasteiger partial charge < -0.3 is 15.2 Å². The summed E-state index contributed by atoms with van der Waals surface area (Å²) in [5, 5.41) is 12.3. The molecule has 0 aliphatic carbocycles. The Morgan fingerprint density at radius 3 is 2.72 bits per heavy atom. The number of carbonyl (C=O) groups is 1. The van der Waals surface area contributed by atoms with E-state index < -0.39 is 0 Å². The van der Waals surface area contributed by atoms with E-state index >= 15 is 0 Å². The first-order valence-corrected chi connectivity index (χ1v) is 7.57. The molecule has 1 aromatic carbocycles. The highest BCUT2D eigenvalue weighted by molar-refractivity contribution is 6.01. The summed E-state index contributed by atoms with van der Waals surface area (Å²) in [6.45, 7) is 0. The highest BCUT2D eigenvalue weighted by Crippen LogP contribution is 2.18. The van der Waals surface area contributed by atoms with E-state index in [9.17, 15) is 4.79 Å². The minimum Gasteiger partial charge on any atom is -0.345 e. The molecule has 0 radical (unpaired) electrons. The predicted octanol–water partition coefficient (Wildman–Crippen LogP) is 2.70. The smallest absolute Gasteiger partial charge is 0.264 e. The zero-order valence-corrected chi connectivity index (χ0v) is 13.8. The Labute approximate surface area is 144 Å². The lowest BCUT2D eigenvalue weighted by molar-refractivity contribution is -0.124. The normalized spacial score (nSPS) is 11.2. The highest BCUT2D eigenvalue weighted by atomic mass is 16.2. The van der Waals surface area contributed by atoms with E-state index in [1.807, 2.05) is 36.4 Å². The fourth-order valence-electron chi connectivity index (χ4n) is 2.25. The van der Waals surface area contributed by atoms with E-state index in [4.69, 9.17) is 5.26 Å². The van der Waals surface area contributed by atoms with Crippen LogP contribution >= 0.6 is 0 Å². The van der Waals surface area contributed by atoms with Crippen LogP contribution in [0.5, 0.6) is 0 Å². The molecule has 0 saturated heterocycles. The summed E-state index contributed by atoms with van der Waals surface area (Å²) in [4.78, 5) is 25.0. The van der Waals surface area contributed by atoms with Crippen LogP contribution in [0, 0.1) is 11.3 Å². The van der Waals surface area contributed by atoms with Crippen molar-refractivity contribution in [3.8, 4) is 6.07 Å². The number of nitrogens with one attached hydrogen (secondary N) is 2. The van der Waals surface area contributed by atoms with Gasteiger partial charge in [0.25, 0.3) is 5.91 Å². The van der Waals surface area contributed by atoms with Crippen molar-refractivity contribution in [2.45, 2.75) is 0 Å². The number of benzene rings is 1. The second kappa shape index (κ2) is 6.84. The Kier molecular flexibility index (Phi) is 4.44. The van der Waals surface area contributed by atoms with E-state index in [-0.39, 0.29) is 11.5 Å². The van der Waals surface area contributed by atoms with Crippen molar-refractivity contribution >= 4 is 34.7 Å². The maximum Gasteiger partial charge on any atom is 0.264 e. The average molecular weight is 332 g/mol. The highest BCUT2D eigenvalue weighted by Gasteiger charge is 2.10. The molecule has 0 aliphatic heterocycles. The fraction of sp³-hybridized carbons (Fsp3) is 0.111. The molecule has 0 spiro atoms. The molecule has 0 atom stereocenters. The summed E-state index contributed by atoms with van der Waals surface area (Å²) in [6, 6.07) is 11.1. The number of anilines is 2. The third-order valence-electron chi connectivity index (χ3n) is 3.51. The van der Waals surface area contributed by atoms with Gasteiger partial charge >= 0.3 is 0 Å². The number of hydrogen-bond acceptors (Lipinski definition) is 5. The van der Waals surface area contributed by atoms with Gasteiger partial charge in [0.2, 0.25) is 0 Å². The first-order chi connectivity index (χ1) is 12.1. The molecule has 124 valence electrons. The lowest BCUT2D eigenvalue weighted by atomic mass is 10.1. The van der Waals surface area contributed by atoms with Gasteiger partial charge in [-0.15, -0.1) is 0 Å². The molecule has 3 aromatic rings. The SMILES string of the molecule is CN(C)C(=O)/C(C#N)=C/c1ccc(Nc2cnc3[nH]ccc3n2)cc1. The number of H-pyrrole nitrogens is 1. The first-order valence-electron chi connectivity index (χ1n) is 7.57. The number of hydrogen-bond donors (Lipinski definition) is 2. The molecule has 1 amide bonds. The van der Waals surface area contributed by atoms with Crippen LogP contribution in [-0.2, 0) is 4.79 Å². The molecule has 0 fully saturated rings. The predicted molar refractivity (Wildman–Crippen MR) is 95.9 cm³/mol. The monoisotopic (exact) mass is 332 g/mol. The van der Waals surface area contributed by atoms with E-state index in [2.05, 4.69) is 20.3 Å². The van der Waals surface area contributed by atoms with Gasteiger partial charge in [0, 0.05) is 26.0 Å². The van der Waals surface area contributed by atoms with Crippen molar-refractivity contribution in [2.75, 3.05) is 19.4 Å². The van der Waals surface area contributed by atoms with Crippen LogP contribution in [-0.4, -0.2) is 39.9 Å². The quantitative estimate of drug-likeness (QED) is 0.565. The lowest BCUT2D eigenvalue weighted by Gasteiger charge is -2.09. The molecule has 0 saturated carbocycles. The van der Waals surface area contributed by atoms with Gasteiger partial charge in [0.15, 0.2) is 5.65 Å². The van der Waals surface area contributed by atoms with Crippen LogP contribution < -0.4 is 5.32 Å². The lowest BCUT2D eigenvalue weighted by Crippen LogP contribution is -2.22. The van der Waals surface area contributed by atoms with Crippen LogP contribution in [0.1, 0.15) is 5.56 Å². The Balaban J connectivity index is 1.77. The van der Waals surface area contributed by atoms with Crippen molar-refractivity contribution in [3.05, 3.63) is 53.9 Å². The van der Waals surface area contributed by atoms with Gasteiger partial charge in [-0.3, -0.25) is 4.79 Å². The van der Waals surface area contributed by atoms with E-state index in [1.54, 1.807) is 32.6 Å². The van der Waals surface area contributed by atoms with Gasteiger partial charge in [-0.25, -0.2) is 9.97 Å². The molecule has 7 nitrogen and oxygen atoms in total. The third kappa shape index (κ3) is 3.64. The maximum absolute atomic E-state index is 11.9. The van der Waals surface area contributed by atoms with Gasteiger partial charge in [0.1, 0.15) is 23.0 Å². The molecule has 2 heterocycles. The first kappa shape index (κ1) is 16.2. The molecule has 0 aliphatic rings. The van der Waals surface area contributed by atoms with Gasteiger partial charge in [-0.2, -0.15) is 5.26 Å². The van der Waals surface area contributed by atoms with Crippen LogP contribution in [0.3, 0.4) is 0 Å². The number of rotatable bonds is 4. The van der Waals surface area contributed by atoms with Crippen molar-refractivity contribution in [2.24, 2.45) is 0 Å². The van der Waals surface area contributed by atoms with Gasteiger partial charge in [-0.1, -0.05) is 12.1 Å². The second-order valence-corrected chi connectivity index (χ2v) is 5.58. The molecule has 3 rings (SSSR count). The fourth-order valence-corrected chi connectivity index (χ4v) is 2.25. The average Bonchev–Trinajstić information content (AvgIpc) is 3.08. The van der Waals surface area contributed by atoms with Crippen LogP contribution in [0.2, 0.25) is 0 Å². The molecule has 0 bridgehead atoms. The number of carbonyl (C=O) groups excluding carboxylic acids is 1. The van der Waals surface area contributed by atoms with Gasteiger partial charge in [0.05, 0.1) is 6.20 Å². The number of nitrogens with zero attached hydrogens (tertiary/aromatic N) is 4. The Morgan fingerprint density at radius 1 is 1.28 bits per heavy atom. The summed E-state index contributed by atoms with van der Waals surface area (Å²) in [5.41, 5.74) is 3.21. The summed E-state index contributed by atoms with van der Waals surface area (Å²) >= 11 is 0. The summed E-state index contributed by atoms with van der Waals surface area (Å²) in [5.74, 6) is 0.315. The van der Waals surface area contributed by atoms with Crippen molar-refractivity contribution in [3.63, 3.8) is 0 Å². The van der Waals surface area contributed by atoms with E-state index in [0.717, 1.165) is 22.4 Å². The van der Waals surface area contributed by atoms with Crippen molar-refractivity contribution in [1.82, 2.24) is 19.9 Å². The molecule has 2 aromatic heterocycles. The zero-order chi connectivity index (χ0) is 17.8. The molecule has 7 heteroatoms. The number of likely N-dealkylation sites (N-methyl/N-ethyl adjacent to an activating group) is 1. The second-order valence-electron chi connectivity index (χ2n) is 5.58. The number of aromatic nitrogens is 3. The Morgan fingerprint density at radius 2 is 2.04 bits per heavy atom. The van der Waals surface area contributed by atoms with E-state index in [0.29, 0.717) is 5.82 Å². The Hall–Kier alpha value is -3.66. The summed E-state index contributed by atoms with van der Waals surface area (Å²) in [7, 11) is 3.23. The van der Waals surface area contributed by atoms with Crippen LogP contribution in [0.4, 0.5) is 11.5 Å². The summed E-state index contributed by atoms with van der Waals surface area (Å²) < 4.78 is 0. The number of amides is 1.